The minimum atomic E-state index is -0.991. The Kier molecular flexibility index (Phi) is 5.28. The van der Waals surface area contributed by atoms with Crippen molar-refractivity contribution in [1.82, 2.24) is 10.2 Å². The molecule has 132 valence electrons. The zero-order valence-electron chi connectivity index (χ0n) is 13.7. The summed E-state index contributed by atoms with van der Waals surface area (Å²) in [5.74, 6) is -0.754. The number of ether oxygens (including phenoxy) is 1. The predicted octanol–water partition coefficient (Wildman–Crippen LogP) is 3.57. The van der Waals surface area contributed by atoms with Gasteiger partial charge in [-0.25, -0.2) is 4.79 Å². The van der Waals surface area contributed by atoms with Crippen LogP contribution >= 0.6 is 11.6 Å². The monoisotopic (exact) mass is 371 g/mol. The van der Waals surface area contributed by atoms with Crippen LogP contribution in [0.2, 0.25) is 5.02 Å². The molecule has 7 nitrogen and oxygen atoms in total. The molecule has 0 saturated carbocycles. The van der Waals surface area contributed by atoms with Crippen LogP contribution in [0.3, 0.4) is 0 Å². The smallest absolute Gasteiger partial charge is 0.338 e. The predicted molar refractivity (Wildman–Crippen MR) is 94.7 cm³/mol. The second-order valence-electron chi connectivity index (χ2n) is 5.34. The molecule has 8 heteroatoms. The van der Waals surface area contributed by atoms with Crippen LogP contribution in [-0.4, -0.2) is 28.2 Å². The van der Waals surface area contributed by atoms with Gasteiger partial charge in [0.15, 0.2) is 6.10 Å². The number of carbonyl (C=O) groups excluding carboxylic acids is 2. The lowest BCUT2D eigenvalue weighted by molar-refractivity contribution is -0.123. The number of halogens is 1. The fourth-order valence-corrected chi connectivity index (χ4v) is 2.31. The Morgan fingerprint density at radius 3 is 2.54 bits per heavy atom. The maximum atomic E-state index is 12.2. The van der Waals surface area contributed by atoms with Gasteiger partial charge in [0.1, 0.15) is 0 Å². The van der Waals surface area contributed by atoms with Crippen LogP contribution < -0.4 is 5.32 Å². The number of aromatic nitrogens is 2. The highest BCUT2D eigenvalue weighted by molar-refractivity contribution is 6.33. The Morgan fingerprint density at radius 2 is 1.88 bits per heavy atom. The number of nitrogens with zero attached hydrogens (tertiary/aromatic N) is 2. The first kappa shape index (κ1) is 17.6. The summed E-state index contributed by atoms with van der Waals surface area (Å²) in [6, 6.07) is 13.2. The van der Waals surface area contributed by atoms with Gasteiger partial charge in [-0.15, -0.1) is 10.2 Å². The summed E-state index contributed by atoms with van der Waals surface area (Å²) in [6.45, 7) is 1.48. The molecule has 0 fully saturated rings. The second kappa shape index (κ2) is 7.79. The molecule has 1 heterocycles. The number of hydrogen-bond acceptors (Lipinski definition) is 6. The molecule has 0 bridgehead atoms. The van der Waals surface area contributed by atoms with Crippen LogP contribution in [0.4, 0.5) is 5.69 Å². The number of esters is 1. The van der Waals surface area contributed by atoms with Gasteiger partial charge < -0.3 is 14.5 Å². The molecule has 0 unspecified atom stereocenters. The summed E-state index contributed by atoms with van der Waals surface area (Å²) < 4.78 is 10.3. The van der Waals surface area contributed by atoms with Crippen LogP contribution in [0, 0.1) is 0 Å². The molecule has 3 rings (SSSR count). The number of anilines is 1. The first-order chi connectivity index (χ1) is 12.5. The van der Waals surface area contributed by atoms with Crippen molar-refractivity contribution in [2.24, 2.45) is 0 Å². The Bertz CT molecular complexity index is 910. The van der Waals surface area contributed by atoms with Gasteiger partial charge >= 0.3 is 5.97 Å². The number of nitrogens with one attached hydrogen (secondary N) is 1. The van der Waals surface area contributed by atoms with Crippen LogP contribution in [0.15, 0.2) is 59.3 Å². The highest BCUT2D eigenvalue weighted by Crippen LogP contribution is 2.21. The third-order valence-corrected chi connectivity index (χ3v) is 3.84. The van der Waals surface area contributed by atoms with E-state index in [2.05, 4.69) is 15.5 Å². The van der Waals surface area contributed by atoms with Crippen molar-refractivity contribution in [2.45, 2.75) is 13.0 Å². The van der Waals surface area contributed by atoms with Gasteiger partial charge in [0.05, 0.1) is 16.3 Å². The highest BCUT2D eigenvalue weighted by Gasteiger charge is 2.20. The molecule has 0 aliphatic rings. The number of benzene rings is 2. The molecule has 1 atom stereocenters. The molecule has 2 aromatic carbocycles. The van der Waals surface area contributed by atoms with Crippen molar-refractivity contribution in [3.8, 4) is 11.5 Å². The first-order valence-corrected chi connectivity index (χ1v) is 8.05. The van der Waals surface area contributed by atoms with Gasteiger partial charge in [0.2, 0.25) is 12.3 Å². The summed E-state index contributed by atoms with van der Waals surface area (Å²) >= 11 is 5.99. The molecule has 0 saturated heterocycles. The van der Waals surface area contributed by atoms with Crippen molar-refractivity contribution in [1.29, 1.82) is 0 Å². The third-order valence-electron chi connectivity index (χ3n) is 3.51. The minimum absolute atomic E-state index is 0.297. The number of carbonyl (C=O) groups is 2. The largest absolute Gasteiger partial charge is 0.449 e. The molecule has 1 N–H and O–H groups in total. The average molecular weight is 372 g/mol. The van der Waals surface area contributed by atoms with Crippen LogP contribution in [0.1, 0.15) is 17.3 Å². The molecular weight excluding hydrogens is 358 g/mol. The summed E-state index contributed by atoms with van der Waals surface area (Å²) in [5, 5.41) is 10.4. The van der Waals surface area contributed by atoms with E-state index in [9.17, 15) is 9.59 Å². The lowest BCUT2D eigenvalue weighted by Crippen LogP contribution is -2.30. The second-order valence-corrected chi connectivity index (χ2v) is 5.75. The van der Waals surface area contributed by atoms with E-state index in [0.717, 1.165) is 0 Å². The Labute approximate surface area is 153 Å². The van der Waals surface area contributed by atoms with Crippen LogP contribution in [-0.2, 0) is 9.53 Å². The number of para-hydroxylation sites is 1. The first-order valence-electron chi connectivity index (χ1n) is 7.67. The molecule has 26 heavy (non-hydrogen) atoms. The SMILES string of the molecule is C[C@H](OC(=O)c1ccc(-c2nnco2)cc1)C(=O)Nc1ccccc1Cl. The van der Waals surface area contributed by atoms with Gasteiger partial charge in [-0.3, -0.25) is 4.79 Å². The van der Waals surface area contributed by atoms with Gasteiger partial charge in [0.25, 0.3) is 5.91 Å². The summed E-state index contributed by atoms with van der Waals surface area (Å²) in [5.41, 5.74) is 1.42. The topological polar surface area (TPSA) is 94.3 Å². The van der Waals surface area contributed by atoms with E-state index in [-0.39, 0.29) is 0 Å². The molecule has 3 aromatic rings. The Morgan fingerprint density at radius 1 is 1.15 bits per heavy atom. The van der Waals surface area contributed by atoms with Crippen molar-refractivity contribution in [2.75, 3.05) is 5.32 Å². The summed E-state index contributed by atoms with van der Waals surface area (Å²) in [7, 11) is 0. The van der Waals surface area contributed by atoms with E-state index < -0.39 is 18.0 Å². The molecular formula is C18H14ClN3O4. The van der Waals surface area contributed by atoms with Gasteiger partial charge in [-0.05, 0) is 43.3 Å². The fraction of sp³-hybridized carbons (Fsp3) is 0.111. The maximum Gasteiger partial charge on any atom is 0.338 e. The van der Waals surface area contributed by atoms with E-state index in [1.807, 2.05) is 0 Å². The van der Waals surface area contributed by atoms with E-state index in [4.69, 9.17) is 20.8 Å². The van der Waals surface area contributed by atoms with Crippen molar-refractivity contribution < 1.29 is 18.7 Å². The summed E-state index contributed by atoms with van der Waals surface area (Å²) in [6.07, 6.45) is 0.228. The van der Waals surface area contributed by atoms with Crippen LogP contribution in [0.5, 0.6) is 0 Å². The quantitative estimate of drug-likeness (QED) is 0.689. The van der Waals surface area contributed by atoms with Gasteiger partial charge in [-0.1, -0.05) is 23.7 Å². The van der Waals surface area contributed by atoms with Crippen molar-refractivity contribution in [3.05, 3.63) is 65.5 Å². The standard InChI is InChI=1S/C18H14ClN3O4/c1-11(16(23)21-15-5-3-2-4-14(15)19)26-18(24)13-8-6-12(7-9-13)17-22-20-10-25-17/h2-11H,1H3,(H,21,23)/t11-/m0/s1. The average Bonchev–Trinajstić information content (AvgIpc) is 3.18. The molecule has 0 spiro atoms. The number of amides is 1. The number of rotatable bonds is 5. The normalized spacial score (nSPS) is 11.6. The van der Waals surface area contributed by atoms with Gasteiger partial charge in [0, 0.05) is 5.56 Å². The third kappa shape index (κ3) is 4.07. The molecule has 0 radical (unpaired) electrons. The van der Waals surface area contributed by atoms with E-state index in [1.165, 1.54) is 13.3 Å². The Hall–Kier alpha value is -3.19. The molecule has 1 amide bonds. The van der Waals surface area contributed by atoms with Gasteiger partial charge in [-0.2, -0.15) is 0 Å². The Balaban J connectivity index is 1.61. The van der Waals surface area contributed by atoms with Crippen molar-refractivity contribution in [3.63, 3.8) is 0 Å². The molecule has 1 aromatic heterocycles. The lowest BCUT2D eigenvalue weighted by Gasteiger charge is -2.14. The van der Waals surface area contributed by atoms with E-state index in [0.29, 0.717) is 27.7 Å². The van der Waals surface area contributed by atoms with Crippen molar-refractivity contribution >= 4 is 29.2 Å². The summed E-state index contributed by atoms with van der Waals surface area (Å²) in [4.78, 5) is 24.4. The van der Waals surface area contributed by atoms with E-state index in [1.54, 1.807) is 48.5 Å². The molecule has 0 aliphatic carbocycles. The van der Waals surface area contributed by atoms with Crippen LogP contribution in [0.25, 0.3) is 11.5 Å². The minimum Gasteiger partial charge on any atom is -0.449 e. The zero-order valence-corrected chi connectivity index (χ0v) is 14.4. The maximum absolute atomic E-state index is 12.2. The fourth-order valence-electron chi connectivity index (χ4n) is 2.13. The van der Waals surface area contributed by atoms with E-state index >= 15 is 0 Å². The highest BCUT2D eigenvalue weighted by atomic mass is 35.5. The lowest BCUT2D eigenvalue weighted by atomic mass is 10.1. The zero-order chi connectivity index (χ0) is 18.5. The number of hydrogen-bond donors (Lipinski definition) is 1. The molecule has 0 aliphatic heterocycles.